The number of fused-ring (bicyclic) bond motifs is 1. The van der Waals surface area contributed by atoms with Crippen LogP contribution in [0.1, 0.15) is 21.1 Å². The number of nitrogen functional groups attached to an aromatic ring is 1. The number of rotatable bonds is 3. The molecule has 1 amide bonds. The maximum Gasteiger partial charge on any atom is 0.252 e. The van der Waals surface area contributed by atoms with Crippen LogP contribution >= 0.6 is 11.3 Å². The summed E-state index contributed by atoms with van der Waals surface area (Å²) in [5.41, 5.74) is 7.88. The average molecular weight is 298 g/mol. The summed E-state index contributed by atoms with van der Waals surface area (Å²) in [7, 11) is 0. The van der Waals surface area contributed by atoms with Crippen molar-refractivity contribution in [1.82, 2.24) is 15.3 Å². The Morgan fingerprint density at radius 2 is 2.14 bits per heavy atom. The van der Waals surface area contributed by atoms with Gasteiger partial charge in [-0.15, -0.1) is 11.3 Å². The molecular formula is C15H14N4OS. The summed E-state index contributed by atoms with van der Waals surface area (Å²) < 4.78 is 0. The van der Waals surface area contributed by atoms with Crippen molar-refractivity contribution < 1.29 is 4.79 Å². The smallest absolute Gasteiger partial charge is 0.252 e. The third-order valence-electron chi connectivity index (χ3n) is 3.08. The molecule has 3 rings (SSSR count). The minimum absolute atomic E-state index is 0.175. The van der Waals surface area contributed by atoms with E-state index >= 15 is 0 Å². The molecule has 0 aliphatic carbocycles. The number of benzene rings is 1. The third kappa shape index (κ3) is 2.85. The zero-order chi connectivity index (χ0) is 14.8. The molecule has 3 N–H and O–H groups in total. The van der Waals surface area contributed by atoms with Gasteiger partial charge in [-0.1, -0.05) is 18.2 Å². The Morgan fingerprint density at radius 1 is 1.33 bits per heavy atom. The highest BCUT2D eigenvalue weighted by Gasteiger charge is 2.12. The predicted molar refractivity (Wildman–Crippen MR) is 84.2 cm³/mol. The number of nitrogens with zero attached hydrogens (tertiary/aromatic N) is 2. The van der Waals surface area contributed by atoms with Gasteiger partial charge in [-0.2, -0.15) is 0 Å². The van der Waals surface area contributed by atoms with Crippen LogP contribution in [0.4, 0.5) is 5.82 Å². The second-order valence-corrected chi connectivity index (χ2v) is 5.71. The maximum absolute atomic E-state index is 12.4. The van der Waals surface area contributed by atoms with Crippen LogP contribution in [-0.4, -0.2) is 15.9 Å². The molecule has 0 radical (unpaired) electrons. The van der Waals surface area contributed by atoms with Crippen LogP contribution in [-0.2, 0) is 6.54 Å². The molecule has 1 aromatic carbocycles. The zero-order valence-corrected chi connectivity index (χ0v) is 12.3. The van der Waals surface area contributed by atoms with Crippen molar-refractivity contribution in [1.29, 1.82) is 0 Å². The summed E-state index contributed by atoms with van der Waals surface area (Å²) >= 11 is 1.56. The average Bonchev–Trinajstić information content (AvgIpc) is 2.89. The van der Waals surface area contributed by atoms with Crippen molar-refractivity contribution >= 4 is 34.0 Å². The lowest BCUT2D eigenvalue weighted by atomic mass is 10.1. The number of thiazole rings is 1. The molecule has 106 valence electrons. The van der Waals surface area contributed by atoms with Crippen molar-refractivity contribution in [2.75, 3.05) is 5.73 Å². The standard InChI is InChI=1S/C15H14N4OS/c1-9-18-10(8-21-9)7-17-15(20)12-6-14(16)19-13-5-3-2-4-11(12)13/h2-6,8H,7H2,1H3,(H2,16,19)(H,17,20). The summed E-state index contributed by atoms with van der Waals surface area (Å²) in [4.78, 5) is 20.9. The van der Waals surface area contributed by atoms with E-state index in [1.165, 1.54) is 0 Å². The van der Waals surface area contributed by atoms with E-state index in [9.17, 15) is 4.79 Å². The summed E-state index contributed by atoms with van der Waals surface area (Å²) in [6, 6.07) is 9.05. The predicted octanol–water partition coefficient (Wildman–Crippen LogP) is 2.51. The molecular weight excluding hydrogens is 284 g/mol. The lowest BCUT2D eigenvalue weighted by Gasteiger charge is -2.08. The second-order valence-electron chi connectivity index (χ2n) is 4.65. The Kier molecular flexibility index (Phi) is 3.53. The minimum atomic E-state index is -0.175. The Hall–Kier alpha value is -2.47. The fourth-order valence-corrected chi connectivity index (χ4v) is 2.75. The van der Waals surface area contributed by atoms with E-state index in [1.807, 2.05) is 36.6 Å². The Bertz CT molecular complexity index is 812. The van der Waals surface area contributed by atoms with E-state index in [0.29, 0.717) is 23.4 Å². The quantitative estimate of drug-likeness (QED) is 0.778. The molecule has 0 spiro atoms. The number of carbonyl (C=O) groups excluding carboxylic acids is 1. The van der Waals surface area contributed by atoms with Crippen LogP contribution in [0.25, 0.3) is 10.9 Å². The molecule has 2 heterocycles. The fourth-order valence-electron chi connectivity index (χ4n) is 2.14. The number of aromatic nitrogens is 2. The summed E-state index contributed by atoms with van der Waals surface area (Å²) in [5, 5.41) is 6.58. The van der Waals surface area contributed by atoms with E-state index in [1.54, 1.807) is 17.4 Å². The first kappa shape index (κ1) is 13.5. The van der Waals surface area contributed by atoms with Crippen molar-refractivity contribution in [2.45, 2.75) is 13.5 Å². The summed E-state index contributed by atoms with van der Waals surface area (Å²) in [6.45, 7) is 2.34. The summed E-state index contributed by atoms with van der Waals surface area (Å²) in [6.07, 6.45) is 0. The number of hydrogen-bond donors (Lipinski definition) is 2. The third-order valence-corrected chi connectivity index (χ3v) is 3.90. The lowest BCUT2D eigenvalue weighted by molar-refractivity contribution is 0.0952. The number of para-hydroxylation sites is 1. The Labute approximate surface area is 125 Å². The Morgan fingerprint density at radius 3 is 2.90 bits per heavy atom. The highest BCUT2D eigenvalue weighted by Crippen LogP contribution is 2.19. The van der Waals surface area contributed by atoms with Crippen LogP contribution in [0.2, 0.25) is 0 Å². The second kappa shape index (κ2) is 5.49. The SMILES string of the molecule is Cc1nc(CNC(=O)c2cc(N)nc3ccccc23)cs1. The fraction of sp³-hybridized carbons (Fsp3) is 0.133. The van der Waals surface area contributed by atoms with Crippen LogP contribution in [0.5, 0.6) is 0 Å². The van der Waals surface area contributed by atoms with Crippen molar-refractivity contribution in [2.24, 2.45) is 0 Å². The molecule has 21 heavy (non-hydrogen) atoms. The normalized spacial score (nSPS) is 10.7. The van der Waals surface area contributed by atoms with E-state index in [-0.39, 0.29) is 5.91 Å². The van der Waals surface area contributed by atoms with Gasteiger partial charge in [-0.05, 0) is 19.1 Å². The number of aryl methyl sites for hydroxylation is 1. The van der Waals surface area contributed by atoms with E-state index in [0.717, 1.165) is 16.1 Å². The van der Waals surface area contributed by atoms with Gasteiger partial charge in [0.15, 0.2) is 0 Å². The molecule has 2 aromatic heterocycles. The number of nitrogens with one attached hydrogen (secondary N) is 1. The number of hydrogen-bond acceptors (Lipinski definition) is 5. The van der Waals surface area contributed by atoms with Gasteiger partial charge < -0.3 is 11.1 Å². The van der Waals surface area contributed by atoms with Crippen LogP contribution in [0.15, 0.2) is 35.7 Å². The van der Waals surface area contributed by atoms with Gasteiger partial charge in [0, 0.05) is 10.8 Å². The van der Waals surface area contributed by atoms with E-state index in [4.69, 9.17) is 5.73 Å². The minimum Gasteiger partial charge on any atom is -0.384 e. The first-order valence-corrected chi connectivity index (χ1v) is 7.36. The topological polar surface area (TPSA) is 80.9 Å². The van der Waals surface area contributed by atoms with Gasteiger partial charge in [0.1, 0.15) is 5.82 Å². The lowest BCUT2D eigenvalue weighted by Crippen LogP contribution is -2.23. The molecule has 0 unspecified atom stereocenters. The molecule has 0 saturated heterocycles. The van der Waals surface area contributed by atoms with Gasteiger partial charge in [0.2, 0.25) is 0 Å². The first-order chi connectivity index (χ1) is 10.1. The van der Waals surface area contributed by atoms with Gasteiger partial charge in [0.25, 0.3) is 5.91 Å². The van der Waals surface area contributed by atoms with Crippen LogP contribution < -0.4 is 11.1 Å². The van der Waals surface area contributed by atoms with E-state index in [2.05, 4.69) is 15.3 Å². The van der Waals surface area contributed by atoms with Gasteiger partial charge >= 0.3 is 0 Å². The molecule has 5 nitrogen and oxygen atoms in total. The van der Waals surface area contributed by atoms with Crippen LogP contribution in [0, 0.1) is 6.92 Å². The number of pyridine rings is 1. The van der Waals surface area contributed by atoms with Gasteiger partial charge in [-0.3, -0.25) is 4.79 Å². The highest BCUT2D eigenvalue weighted by atomic mass is 32.1. The molecule has 0 aliphatic rings. The summed E-state index contributed by atoms with van der Waals surface area (Å²) in [5.74, 6) is 0.161. The molecule has 0 fully saturated rings. The van der Waals surface area contributed by atoms with Crippen molar-refractivity contribution in [3.63, 3.8) is 0 Å². The molecule has 0 atom stereocenters. The maximum atomic E-state index is 12.4. The van der Waals surface area contributed by atoms with Gasteiger partial charge in [-0.25, -0.2) is 9.97 Å². The molecule has 0 bridgehead atoms. The Balaban J connectivity index is 1.87. The zero-order valence-electron chi connectivity index (χ0n) is 11.5. The molecule has 0 aliphatic heterocycles. The first-order valence-electron chi connectivity index (χ1n) is 6.48. The molecule has 0 saturated carbocycles. The van der Waals surface area contributed by atoms with Crippen molar-refractivity contribution in [3.05, 3.63) is 52.0 Å². The van der Waals surface area contributed by atoms with Crippen molar-refractivity contribution in [3.8, 4) is 0 Å². The molecule has 6 heteroatoms. The van der Waals surface area contributed by atoms with E-state index < -0.39 is 0 Å². The molecule has 3 aromatic rings. The number of amides is 1. The number of nitrogens with two attached hydrogens (primary N) is 1. The van der Waals surface area contributed by atoms with Crippen LogP contribution in [0.3, 0.4) is 0 Å². The highest BCUT2D eigenvalue weighted by molar-refractivity contribution is 7.09. The largest absolute Gasteiger partial charge is 0.384 e. The number of anilines is 1. The van der Waals surface area contributed by atoms with Gasteiger partial charge in [0.05, 0.1) is 28.3 Å². The number of carbonyl (C=O) groups is 1. The monoisotopic (exact) mass is 298 g/mol.